The third kappa shape index (κ3) is 6.40. The van der Waals surface area contributed by atoms with Crippen molar-refractivity contribution in [3.05, 3.63) is 76.9 Å². The summed E-state index contributed by atoms with van der Waals surface area (Å²) in [6, 6.07) is 11.4. The topological polar surface area (TPSA) is 230 Å². The molecule has 0 saturated heterocycles. The number of ketones is 2. The van der Waals surface area contributed by atoms with Crippen molar-refractivity contribution >= 4 is 59.0 Å². The minimum atomic E-state index is -5.22. The number of carbonyl (C=O) groups is 2. The fourth-order valence-electron chi connectivity index (χ4n) is 3.89. The van der Waals surface area contributed by atoms with Gasteiger partial charge in [0.2, 0.25) is 10.4 Å². The van der Waals surface area contributed by atoms with Crippen LogP contribution in [0.15, 0.2) is 64.4 Å². The van der Waals surface area contributed by atoms with Gasteiger partial charge < -0.3 is 20.2 Å². The van der Waals surface area contributed by atoms with Crippen LogP contribution in [-0.4, -0.2) is 58.3 Å². The second-order valence-electron chi connectivity index (χ2n) is 7.95. The molecular weight excluding hydrogens is 587 g/mol. The van der Waals surface area contributed by atoms with Gasteiger partial charge in [-0.1, -0.05) is 30.3 Å². The van der Waals surface area contributed by atoms with Crippen molar-refractivity contribution in [3.8, 4) is 0 Å². The second kappa shape index (κ2) is 11.1. The Kier molecular flexibility index (Phi) is 8.76. The van der Waals surface area contributed by atoms with Gasteiger partial charge in [0, 0.05) is 16.8 Å². The van der Waals surface area contributed by atoms with Crippen LogP contribution in [0.5, 0.6) is 0 Å². The number of anilines is 3. The molecule has 3 N–H and O–H groups in total. The number of sulfone groups is 1. The maximum Gasteiger partial charge on any atom is 1.00 e. The van der Waals surface area contributed by atoms with E-state index in [1.54, 1.807) is 0 Å². The number of carbonyl (C=O) groups excluding carboxylic acids is 2. The van der Waals surface area contributed by atoms with Crippen LogP contribution in [0.1, 0.15) is 31.8 Å². The van der Waals surface area contributed by atoms with Gasteiger partial charge in [-0.3, -0.25) is 13.8 Å². The van der Waals surface area contributed by atoms with Gasteiger partial charge in [0.25, 0.3) is 0 Å². The summed E-state index contributed by atoms with van der Waals surface area (Å²) in [7, 11) is -14.5. The second-order valence-corrected chi connectivity index (χ2v) is 12.5. The first-order valence-corrected chi connectivity index (χ1v) is 14.8. The fraction of sp³-hybridized carbons (Fsp3) is 0.0909. The number of rotatable bonds is 8. The molecular formula is C22H16N2NaO11S3-. The Bertz CT molecular complexity index is 1840. The maximum absolute atomic E-state index is 13.3. The van der Waals surface area contributed by atoms with Crippen LogP contribution in [0, 0.1) is 0 Å². The largest absolute Gasteiger partial charge is 1.00 e. The average molecular weight is 604 g/mol. The van der Waals surface area contributed by atoms with Crippen LogP contribution in [0.2, 0.25) is 0 Å². The van der Waals surface area contributed by atoms with Crippen molar-refractivity contribution < 1.29 is 77.7 Å². The first-order valence-electron chi connectivity index (χ1n) is 10.4. The van der Waals surface area contributed by atoms with Crippen LogP contribution in [0.25, 0.3) is 0 Å². The standard InChI is InChI=1S/C22H18N2O11S3.Na/c23-20-17(37(29,30)31)11-16(18-19(20)22(26)15-7-2-1-6-14(15)21(18)25)24-12-4-3-5-13(10-12)36(27,28)9-8-35-38(32,33)34;/h1-7,10-11,24H,8-9,23H2,(H,29,30,31)(H,32,33,34);/q;+1/p-2. The van der Waals surface area contributed by atoms with Crippen molar-refractivity contribution in [2.75, 3.05) is 23.4 Å². The predicted molar refractivity (Wildman–Crippen MR) is 130 cm³/mol. The van der Waals surface area contributed by atoms with Crippen molar-refractivity contribution in [3.63, 3.8) is 0 Å². The van der Waals surface area contributed by atoms with E-state index >= 15 is 0 Å². The van der Waals surface area contributed by atoms with E-state index < -0.39 is 70.4 Å². The van der Waals surface area contributed by atoms with E-state index in [2.05, 4.69) is 9.50 Å². The molecule has 0 amide bonds. The van der Waals surface area contributed by atoms with Gasteiger partial charge >= 0.3 is 29.6 Å². The van der Waals surface area contributed by atoms with Gasteiger partial charge in [-0.2, -0.15) is 0 Å². The van der Waals surface area contributed by atoms with Gasteiger partial charge in [0.05, 0.1) is 44.7 Å². The van der Waals surface area contributed by atoms with Crippen molar-refractivity contribution in [2.24, 2.45) is 0 Å². The van der Waals surface area contributed by atoms with Crippen LogP contribution < -0.4 is 40.6 Å². The van der Waals surface area contributed by atoms with Gasteiger partial charge in [-0.05, 0) is 24.3 Å². The summed E-state index contributed by atoms with van der Waals surface area (Å²) in [4.78, 5) is 25.2. The van der Waals surface area contributed by atoms with Crippen LogP contribution in [-0.2, 0) is 34.5 Å². The Labute approximate surface area is 245 Å². The molecule has 0 aromatic heterocycles. The summed E-state index contributed by atoms with van der Waals surface area (Å²) < 4.78 is 96.6. The summed E-state index contributed by atoms with van der Waals surface area (Å²) in [5.74, 6) is -2.35. The zero-order valence-corrected chi connectivity index (χ0v) is 24.4. The molecule has 0 saturated carbocycles. The van der Waals surface area contributed by atoms with Crippen molar-refractivity contribution in [1.29, 1.82) is 0 Å². The molecule has 0 bridgehead atoms. The monoisotopic (exact) mass is 603 g/mol. The molecule has 0 spiro atoms. The molecule has 39 heavy (non-hydrogen) atoms. The smallest absolute Gasteiger partial charge is 0.744 e. The van der Waals surface area contributed by atoms with Crippen LogP contribution >= 0.6 is 0 Å². The summed E-state index contributed by atoms with van der Waals surface area (Å²) in [5.41, 5.74) is 4.03. The summed E-state index contributed by atoms with van der Waals surface area (Å²) in [5, 5.41) is 2.67. The summed E-state index contributed by atoms with van der Waals surface area (Å²) in [6.07, 6.45) is 0. The Morgan fingerprint density at radius 3 is 1.97 bits per heavy atom. The minimum Gasteiger partial charge on any atom is -0.744 e. The molecule has 13 nitrogen and oxygen atoms in total. The molecule has 0 unspecified atom stereocenters. The van der Waals surface area contributed by atoms with E-state index in [-0.39, 0.29) is 62.5 Å². The molecule has 4 rings (SSSR count). The fourth-order valence-corrected chi connectivity index (χ4v) is 6.04. The molecule has 0 aliphatic heterocycles. The predicted octanol–water partition coefficient (Wildman–Crippen LogP) is -2.05. The third-order valence-electron chi connectivity index (χ3n) is 5.52. The average Bonchev–Trinajstić information content (AvgIpc) is 2.82. The van der Waals surface area contributed by atoms with Gasteiger partial charge in [0.15, 0.2) is 21.4 Å². The molecule has 0 radical (unpaired) electrons. The quantitative estimate of drug-likeness (QED) is 0.0957. The zero-order valence-electron chi connectivity index (χ0n) is 19.9. The van der Waals surface area contributed by atoms with Gasteiger partial charge in [0.1, 0.15) is 10.1 Å². The molecule has 0 heterocycles. The number of fused-ring (bicyclic) bond motifs is 2. The first kappa shape index (κ1) is 30.9. The van der Waals surface area contributed by atoms with E-state index in [1.165, 1.54) is 36.4 Å². The molecule has 17 heteroatoms. The van der Waals surface area contributed by atoms with Crippen LogP contribution in [0.4, 0.5) is 17.1 Å². The number of nitrogens with one attached hydrogen (secondary N) is 1. The molecule has 0 atom stereocenters. The zero-order chi connectivity index (χ0) is 28.0. The normalized spacial score (nSPS) is 13.3. The Hall–Kier alpha value is -2.67. The minimum absolute atomic E-state index is 0. The van der Waals surface area contributed by atoms with E-state index in [1.807, 2.05) is 0 Å². The molecule has 200 valence electrons. The van der Waals surface area contributed by atoms with Gasteiger partial charge in [-0.15, -0.1) is 0 Å². The molecule has 1 aliphatic carbocycles. The summed E-state index contributed by atoms with van der Waals surface area (Å²) >= 11 is 0. The van der Waals surface area contributed by atoms with Crippen molar-refractivity contribution in [2.45, 2.75) is 9.79 Å². The molecule has 3 aromatic rings. The number of nitrogen functional groups attached to an aromatic ring is 1. The number of hydrogen-bond acceptors (Lipinski definition) is 13. The molecule has 3 aromatic carbocycles. The maximum atomic E-state index is 13.3. The summed E-state index contributed by atoms with van der Waals surface area (Å²) in [6.45, 7) is -0.933. The molecule has 0 fully saturated rings. The Balaban J connectivity index is 0.00000420. The first-order chi connectivity index (χ1) is 17.6. The Morgan fingerprint density at radius 1 is 0.821 bits per heavy atom. The van der Waals surface area contributed by atoms with E-state index in [0.717, 1.165) is 18.2 Å². The van der Waals surface area contributed by atoms with E-state index in [9.17, 15) is 43.9 Å². The Morgan fingerprint density at radius 2 is 1.41 bits per heavy atom. The van der Waals surface area contributed by atoms with E-state index in [4.69, 9.17) is 5.73 Å². The number of nitrogens with two attached hydrogens (primary N) is 1. The third-order valence-corrected chi connectivity index (χ3v) is 8.53. The SMILES string of the molecule is Nc1c(S(=O)(=O)[O-])cc(Nc2cccc(S(=O)(=O)CCOS(=O)(=O)[O-])c2)c2c1C(=O)c1ccccc1C2=O.[Na+]. The number of hydrogen-bond donors (Lipinski definition) is 2. The molecule has 1 aliphatic rings. The number of benzene rings is 3. The van der Waals surface area contributed by atoms with E-state index in [0.29, 0.717) is 0 Å². The van der Waals surface area contributed by atoms with Crippen LogP contribution in [0.3, 0.4) is 0 Å². The van der Waals surface area contributed by atoms with Gasteiger partial charge in [-0.25, -0.2) is 25.3 Å². The van der Waals surface area contributed by atoms with Crippen molar-refractivity contribution in [1.82, 2.24) is 0 Å².